The van der Waals surface area contributed by atoms with Crippen LogP contribution in [0.15, 0.2) is 48.6 Å². The first-order chi connectivity index (χ1) is 25.3. The molecule has 7 unspecified atom stereocenters. The van der Waals surface area contributed by atoms with Gasteiger partial charge in [0.05, 0.1) is 25.4 Å². The van der Waals surface area contributed by atoms with Gasteiger partial charge in [0.1, 0.15) is 24.4 Å². The summed E-state index contributed by atoms with van der Waals surface area (Å²) in [6.45, 7) is 3.49. The molecule has 302 valence electrons. The number of rotatable bonds is 33. The highest BCUT2D eigenvalue weighted by Crippen LogP contribution is 2.22. The lowest BCUT2D eigenvalue weighted by molar-refractivity contribution is -0.302. The Labute approximate surface area is 316 Å². The molecular weight excluding hydrogens is 658 g/mol. The van der Waals surface area contributed by atoms with Crippen LogP contribution in [-0.4, -0.2) is 87.5 Å². The van der Waals surface area contributed by atoms with Gasteiger partial charge in [0.15, 0.2) is 6.29 Å². The summed E-state index contributed by atoms with van der Waals surface area (Å²) in [4.78, 5) is 12.9. The van der Waals surface area contributed by atoms with Gasteiger partial charge in [-0.3, -0.25) is 4.79 Å². The molecule has 1 aliphatic heterocycles. The Hall–Kier alpha value is -1.85. The Balaban J connectivity index is 2.33. The lowest BCUT2D eigenvalue weighted by Crippen LogP contribution is -2.60. The van der Waals surface area contributed by atoms with Gasteiger partial charge in [-0.1, -0.05) is 139 Å². The molecule has 0 radical (unpaired) electrons. The minimum Gasteiger partial charge on any atom is -0.394 e. The van der Waals surface area contributed by atoms with Gasteiger partial charge in [-0.05, 0) is 64.7 Å². The summed E-state index contributed by atoms with van der Waals surface area (Å²) in [5.41, 5.74) is 0. The summed E-state index contributed by atoms with van der Waals surface area (Å²) < 4.78 is 11.1. The molecule has 0 saturated carbocycles. The molecule has 1 heterocycles. The largest absolute Gasteiger partial charge is 0.394 e. The first-order valence-corrected chi connectivity index (χ1v) is 20.8. The Bertz CT molecular complexity index is 951. The maximum atomic E-state index is 12.9. The number of unbranched alkanes of at least 4 members (excludes halogenated alkanes) is 18. The number of nitrogens with one attached hydrogen (secondary N) is 1. The van der Waals surface area contributed by atoms with Crippen molar-refractivity contribution in [3.05, 3.63) is 48.6 Å². The summed E-state index contributed by atoms with van der Waals surface area (Å²) >= 11 is 0. The number of amides is 1. The van der Waals surface area contributed by atoms with Gasteiger partial charge in [0, 0.05) is 6.42 Å². The first-order valence-electron chi connectivity index (χ1n) is 20.8. The number of hydrogen-bond acceptors (Lipinski definition) is 8. The van der Waals surface area contributed by atoms with E-state index in [2.05, 4.69) is 42.6 Å². The molecule has 0 spiro atoms. The Morgan fingerprint density at radius 3 is 1.73 bits per heavy atom. The fraction of sp³-hybridized carbons (Fsp3) is 0.791. The molecule has 0 aromatic carbocycles. The second-order valence-corrected chi connectivity index (χ2v) is 14.4. The molecule has 1 saturated heterocycles. The normalized spacial score (nSPS) is 22.3. The van der Waals surface area contributed by atoms with Crippen LogP contribution in [-0.2, 0) is 14.3 Å². The molecule has 9 nitrogen and oxygen atoms in total. The number of hydrogen-bond donors (Lipinski definition) is 6. The maximum absolute atomic E-state index is 12.9. The van der Waals surface area contributed by atoms with Gasteiger partial charge < -0.3 is 40.3 Å². The molecule has 1 aliphatic rings. The lowest BCUT2D eigenvalue weighted by Gasteiger charge is -2.40. The van der Waals surface area contributed by atoms with Crippen molar-refractivity contribution in [2.75, 3.05) is 13.2 Å². The smallest absolute Gasteiger partial charge is 0.220 e. The molecule has 0 bridgehead atoms. The van der Waals surface area contributed by atoms with Crippen LogP contribution in [0.3, 0.4) is 0 Å². The standard InChI is InChI=1S/C43H77NO8/c1-3-5-7-9-11-13-14-15-16-17-18-19-20-21-22-23-25-27-29-31-33-39(47)44-36(37(46)32-30-28-26-24-12-10-8-6-4-2)35-51-43-42(50)41(49)40(48)38(34-45)52-43/h4,6,12,18-19,24,30,32,36-38,40-43,45-46,48-50H,3,5,7-11,13-17,20-23,25-29,31,33-35H2,1-2H3,(H,44,47)/b6-4+,19-18-,24-12+,32-30+. The number of allylic oxidation sites excluding steroid dienone is 7. The zero-order valence-corrected chi connectivity index (χ0v) is 32.8. The zero-order valence-electron chi connectivity index (χ0n) is 32.8. The van der Waals surface area contributed by atoms with Crippen LogP contribution >= 0.6 is 0 Å². The van der Waals surface area contributed by atoms with Crippen LogP contribution in [0.25, 0.3) is 0 Å². The fourth-order valence-electron chi connectivity index (χ4n) is 6.31. The van der Waals surface area contributed by atoms with Crippen LogP contribution in [0.2, 0.25) is 0 Å². The third-order valence-electron chi connectivity index (χ3n) is 9.70. The minimum absolute atomic E-state index is 0.201. The SMILES string of the molecule is C/C=C/CC/C=C/CC/C=C/C(O)C(COC1OC(CO)C(O)C(O)C1O)NC(=O)CCCCCCCCC/C=C\CCCCCCCCCCC. The van der Waals surface area contributed by atoms with Gasteiger partial charge in [-0.2, -0.15) is 0 Å². The van der Waals surface area contributed by atoms with E-state index < -0.39 is 49.5 Å². The maximum Gasteiger partial charge on any atom is 0.220 e. The number of aliphatic hydroxyl groups is 5. The van der Waals surface area contributed by atoms with E-state index in [0.717, 1.165) is 57.8 Å². The Morgan fingerprint density at radius 1 is 0.673 bits per heavy atom. The summed E-state index contributed by atoms with van der Waals surface area (Å²) in [5.74, 6) is -0.201. The number of carbonyl (C=O) groups excluding carboxylic acids is 1. The van der Waals surface area contributed by atoms with Crippen molar-refractivity contribution in [2.24, 2.45) is 0 Å². The summed E-state index contributed by atoms with van der Waals surface area (Å²) in [6, 6.07) is -0.827. The van der Waals surface area contributed by atoms with Crippen molar-refractivity contribution >= 4 is 5.91 Å². The van der Waals surface area contributed by atoms with Crippen molar-refractivity contribution in [1.82, 2.24) is 5.32 Å². The van der Waals surface area contributed by atoms with E-state index >= 15 is 0 Å². The third kappa shape index (κ3) is 24.5. The van der Waals surface area contributed by atoms with Crippen molar-refractivity contribution < 1.29 is 39.8 Å². The summed E-state index contributed by atoms with van der Waals surface area (Å²) in [7, 11) is 0. The molecule has 0 aliphatic carbocycles. The number of carbonyl (C=O) groups is 1. The highest BCUT2D eigenvalue weighted by atomic mass is 16.7. The fourth-order valence-corrected chi connectivity index (χ4v) is 6.31. The van der Waals surface area contributed by atoms with Crippen LogP contribution in [0, 0.1) is 0 Å². The minimum atomic E-state index is -1.57. The third-order valence-corrected chi connectivity index (χ3v) is 9.70. The molecule has 1 fully saturated rings. The second kappa shape index (κ2) is 33.7. The monoisotopic (exact) mass is 736 g/mol. The van der Waals surface area contributed by atoms with Gasteiger partial charge in [0.25, 0.3) is 0 Å². The van der Waals surface area contributed by atoms with E-state index in [4.69, 9.17) is 9.47 Å². The van der Waals surface area contributed by atoms with Crippen molar-refractivity contribution in [3.63, 3.8) is 0 Å². The van der Waals surface area contributed by atoms with Gasteiger partial charge in [-0.15, -0.1) is 0 Å². The van der Waals surface area contributed by atoms with Crippen LogP contribution < -0.4 is 5.32 Å². The molecule has 9 heteroatoms. The van der Waals surface area contributed by atoms with Crippen LogP contribution in [0.5, 0.6) is 0 Å². The molecule has 0 aromatic rings. The molecule has 1 rings (SSSR count). The number of ether oxygens (including phenoxy) is 2. The van der Waals surface area contributed by atoms with Crippen molar-refractivity contribution in [2.45, 2.75) is 204 Å². The predicted molar refractivity (Wildman–Crippen MR) is 212 cm³/mol. The Morgan fingerprint density at radius 2 is 1.17 bits per heavy atom. The van der Waals surface area contributed by atoms with Crippen LogP contribution in [0.1, 0.15) is 162 Å². The molecule has 0 aromatic heterocycles. The van der Waals surface area contributed by atoms with Crippen molar-refractivity contribution in [3.8, 4) is 0 Å². The lowest BCUT2D eigenvalue weighted by atomic mass is 9.99. The van der Waals surface area contributed by atoms with E-state index in [9.17, 15) is 30.3 Å². The Kier molecular flexibility index (Phi) is 31.2. The van der Waals surface area contributed by atoms with Gasteiger partial charge >= 0.3 is 0 Å². The van der Waals surface area contributed by atoms with E-state index in [-0.39, 0.29) is 12.5 Å². The number of aliphatic hydroxyl groups excluding tert-OH is 5. The summed E-state index contributed by atoms with van der Waals surface area (Å²) in [5, 5.41) is 53.8. The molecule has 1 amide bonds. The highest BCUT2D eigenvalue weighted by Gasteiger charge is 2.44. The zero-order chi connectivity index (χ0) is 38.1. The van der Waals surface area contributed by atoms with Crippen molar-refractivity contribution in [1.29, 1.82) is 0 Å². The molecule has 6 N–H and O–H groups in total. The topological polar surface area (TPSA) is 149 Å². The van der Waals surface area contributed by atoms with E-state index in [1.165, 1.54) is 83.5 Å². The average molecular weight is 736 g/mol. The molecule has 7 atom stereocenters. The van der Waals surface area contributed by atoms with Gasteiger partial charge in [0.2, 0.25) is 5.91 Å². The van der Waals surface area contributed by atoms with E-state index in [1.807, 2.05) is 19.1 Å². The predicted octanol–water partition coefficient (Wildman–Crippen LogP) is 7.89. The summed E-state index contributed by atoms with van der Waals surface area (Å²) in [6.07, 6.45) is 34.7. The first kappa shape index (κ1) is 48.2. The van der Waals surface area contributed by atoms with E-state index in [1.54, 1.807) is 6.08 Å². The van der Waals surface area contributed by atoms with Crippen LogP contribution in [0.4, 0.5) is 0 Å². The average Bonchev–Trinajstić information content (AvgIpc) is 3.14. The second-order valence-electron chi connectivity index (χ2n) is 14.4. The molecule has 52 heavy (non-hydrogen) atoms. The molecular formula is C43H77NO8. The van der Waals surface area contributed by atoms with Gasteiger partial charge in [-0.25, -0.2) is 0 Å². The van der Waals surface area contributed by atoms with E-state index in [0.29, 0.717) is 6.42 Å². The highest BCUT2D eigenvalue weighted by molar-refractivity contribution is 5.76. The quantitative estimate of drug-likeness (QED) is 0.0295.